The van der Waals surface area contributed by atoms with Crippen LogP contribution in [-0.2, 0) is 10.3 Å². The number of carbonyl (C=O) groups is 1. The van der Waals surface area contributed by atoms with Crippen molar-refractivity contribution in [2.45, 2.75) is 58.2 Å². The zero-order chi connectivity index (χ0) is 20.7. The van der Waals surface area contributed by atoms with Crippen molar-refractivity contribution in [2.24, 2.45) is 5.92 Å². The molecule has 1 amide bonds. The van der Waals surface area contributed by atoms with Gasteiger partial charge in [-0.3, -0.25) is 4.79 Å². The minimum absolute atomic E-state index is 0.275. The lowest BCUT2D eigenvalue weighted by Crippen LogP contribution is -2.54. The molecule has 1 aliphatic carbocycles. The highest BCUT2D eigenvalue weighted by atomic mass is 19.4. The van der Waals surface area contributed by atoms with Crippen LogP contribution in [0.25, 0.3) is 5.69 Å². The molecule has 0 radical (unpaired) electrons. The van der Waals surface area contributed by atoms with E-state index in [1.807, 2.05) is 32.0 Å². The summed E-state index contributed by atoms with van der Waals surface area (Å²) in [6, 6.07) is 5.69. The van der Waals surface area contributed by atoms with E-state index in [-0.39, 0.29) is 5.82 Å². The summed E-state index contributed by atoms with van der Waals surface area (Å²) in [6.07, 6.45) is -2.83. The topological polar surface area (TPSA) is 63.9 Å². The van der Waals surface area contributed by atoms with E-state index in [0.29, 0.717) is 31.6 Å². The number of hydrogen-bond acceptors (Lipinski definition) is 4. The molecule has 0 bridgehead atoms. The number of tetrazole rings is 1. The molecule has 9 heteroatoms. The Morgan fingerprint density at radius 2 is 1.79 bits per heavy atom. The maximum atomic E-state index is 13.2. The third kappa shape index (κ3) is 3.38. The third-order valence-electron chi connectivity index (χ3n) is 5.83. The van der Waals surface area contributed by atoms with Crippen LogP contribution < -0.4 is 0 Å². The number of amides is 1. The number of alkyl halides is 3. The number of benzene rings is 1. The smallest absolute Gasteiger partial charge is 0.325 e. The van der Waals surface area contributed by atoms with E-state index in [4.69, 9.17) is 0 Å². The van der Waals surface area contributed by atoms with Gasteiger partial charge in [-0.05, 0) is 67.0 Å². The van der Waals surface area contributed by atoms with Crippen molar-refractivity contribution < 1.29 is 18.0 Å². The van der Waals surface area contributed by atoms with Gasteiger partial charge in [-0.1, -0.05) is 25.1 Å². The van der Waals surface area contributed by atoms with E-state index in [1.165, 1.54) is 11.7 Å². The molecule has 1 saturated carbocycles. The number of carbonyl (C=O) groups excluding carboxylic acids is 1. The Hall–Kier alpha value is -2.45. The summed E-state index contributed by atoms with van der Waals surface area (Å²) in [5.74, 6) is -1.23. The molecular weight excluding hydrogens is 371 g/mol. The standard InChI is InChI=1S/C19H24F3N5O/c1-12-8-10-18(11-9-12,26(4)17(28)19(20,21)22)16-23-24-25-27(16)15-13(2)6-5-7-14(15)3/h5-7,12H,8-11H2,1-4H3. The first-order valence-electron chi connectivity index (χ1n) is 9.28. The fourth-order valence-corrected chi connectivity index (χ4v) is 4.10. The van der Waals surface area contributed by atoms with Crippen molar-refractivity contribution in [3.8, 4) is 5.69 Å². The first-order chi connectivity index (χ1) is 13.1. The molecule has 1 aromatic carbocycles. The second-order valence-corrected chi connectivity index (χ2v) is 7.73. The fourth-order valence-electron chi connectivity index (χ4n) is 4.10. The van der Waals surface area contributed by atoms with E-state index in [9.17, 15) is 18.0 Å². The fraction of sp³-hybridized carbons (Fsp3) is 0.579. The van der Waals surface area contributed by atoms with Crippen molar-refractivity contribution in [3.63, 3.8) is 0 Å². The van der Waals surface area contributed by atoms with Crippen molar-refractivity contribution in [2.75, 3.05) is 7.05 Å². The Kier molecular flexibility index (Phi) is 5.20. The van der Waals surface area contributed by atoms with Crippen LogP contribution in [0.3, 0.4) is 0 Å². The second kappa shape index (κ2) is 7.18. The molecule has 0 saturated heterocycles. The first-order valence-corrected chi connectivity index (χ1v) is 9.28. The van der Waals surface area contributed by atoms with Crippen LogP contribution in [-0.4, -0.2) is 44.2 Å². The van der Waals surface area contributed by atoms with E-state index >= 15 is 0 Å². The zero-order valence-electron chi connectivity index (χ0n) is 16.4. The van der Waals surface area contributed by atoms with Gasteiger partial charge in [0.05, 0.1) is 5.69 Å². The third-order valence-corrected chi connectivity index (χ3v) is 5.83. The van der Waals surface area contributed by atoms with Crippen LogP contribution in [0.1, 0.15) is 49.6 Å². The molecule has 1 heterocycles. The van der Waals surface area contributed by atoms with Gasteiger partial charge in [0.2, 0.25) is 0 Å². The van der Waals surface area contributed by atoms with Gasteiger partial charge in [-0.2, -0.15) is 17.9 Å². The van der Waals surface area contributed by atoms with Crippen molar-refractivity contribution >= 4 is 5.91 Å². The first kappa shape index (κ1) is 20.3. The van der Waals surface area contributed by atoms with Gasteiger partial charge in [0.15, 0.2) is 5.82 Å². The summed E-state index contributed by atoms with van der Waals surface area (Å²) in [6.45, 7) is 5.85. The second-order valence-electron chi connectivity index (χ2n) is 7.73. The number of aromatic nitrogens is 4. The van der Waals surface area contributed by atoms with E-state index < -0.39 is 17.6 Å². The Morgan fingerprint density at radius 3 is 2.32 bits per heavy atom. The highest BCUT2D eigenvalue weighted by molar-refractivity contribution is 5.82. The van der Waals surface area contributed by atoms with Gasteiger partial charge in [-0.25, -0.2) is 0 Å². The van der Waals surface area contributed by atoms with E-state index in [0.717, 1.165) is 21.7 Å². The molecule has 2 aromatic rings. The molecule has 0 spiro atoms. The maximum absolute atomic E-state index is 13.2. The average Bonchev–Trinajstić information content (AvgIpc) is 3.10. The lowest BCUT2D eigenvalue weighted by molar-refractivity contribution is -0.192. The average molecular weight is 395 g/mol. The molecule has 152 valence electrons. The lowest BCUT2D eigenvalue weighted by atomic mass is 9.75. The van der Waals surface area contributed by atoms with Crippen molar-refractivity contribution in [1.82, 2.24) is 25.1 Å². The molecule has 6 nitrogen and oxygen atoms in total. The van der Waals surface area contributed by atoms with Gasteiger partial charge in [-0.15, -0.1) is 5.10 Å². The van der Waals surface area contributed by atoms with Crippen molar-refractivity contribution in [1.29, 1.82) is 0 Å². The van der Waals surface area contributed by atoms with Gasteiger partial charge in [0.1, 0.15) is 5.54 Å². The minimum atomic E-state index is -4.96. The molecule has 1 aliphatic rings. The van der Waals surface area contributed by atoms with Gasteiger partial charge in [0.25, 0.3) is 0 Å². The quantitative estimate of drug-likeness (QED) is 0.795. The molecule has 28 heavy (non-hydrogen) atoms. The summed E-state index contributed by atoms with van der Waals surface area (Å²) >= 11 is 0. The number of para-hydroxylation sites is 1. The molecule has 0 atom stereocenters. The van der Waals surface area contributed by atoms with Crippen LogP contribution in [0.15, 0.2) is 18.2 Å². The number of nitrogens with zero attached hydrogens (tertiary/aromatic N) is 5. The minimum Gasteiger partial charge on any atom is -0.325 e. The number of aryl methyl sites for hydroxylation is 2. The SMILES string of the molecule is Cc1cccc(C)c1-n1nnnc1C1(N(C)C(=O)C(F)(F)F)CCC(C)CC1. The summed E-state index contributed by atoms with van der Waals surface area (Å²) in [4.78, 5) is 13.0. The van der Waals surface area contributed by atoms with E-state index in [2.05, 4.69) is 22.4 Å². The molecule has 1 fully saturated rings. The van der Waals surface area contributed by atoms with Crippen molar-refractivity contribution in [3.05, 3.63) is 35.2 Å². The Balaban J connectivity index is 2.17. The summed E-state index contributed by atoms with van der Waals surface area (Å²) in [5, 5.41) is 12.0. The maximum Gasteiger partial charge on any atom is 0.471 e. The Morgan fingerprint density at radius 1 is 1.21 bits per heavy atom. The molecule has 1 aromatic heterocycles. The van der Waals surface area contributed by atoms with E-state index in [1.54, 1.807) is 0 Å². The van der Waals surface area contributed by atoms with Crippen LogP contribution >= 0.6 is 0 Å². The Labute approximate surface area is 161 Å². The molecule has 0 aliphatic heterocycles. The summed E-state index contributed by atoms with van der Waals surface area (Å²) in [7, 11) is 1.20. The monoisotopic (exact) mass is 395 g/mol. The Bertz CT molecular complexity index is 848. The molecule has 3 rings (SSSR count). The predicted octanol–water partition coefficient (Wildman–Crippen LogP) is 3.71. The summed E-state index contributed by atoms with van der Waals surface area (Å²) < 4.78 is 41.2. The van der Waals surface area contributed by atoms with Gasteiger partial charge in [0, 0.05) is 7.05 Å². The highest BCUT2D eigenvalue weighted by Crippen LogP contribution is 2.44. The van der Waals surface area contributed by atoms with Crippen LogP contribution in [0, 0.1) is 19.8 Å². The number of rotatable bonds is 3. The largest absolute Gasteiger partial charge is 0.471 e. The van der Waals surface area contributed by atoms with Gasteiger partial charge < -0.3 is 4.90 Å². The number of halogens is 3. The molecule has 0 N–H and O–H groups in total. The van der Waals surface area contributed by atoms with Crippen LogP contribution in [0.2, 0.25) is 0 Å². The molecular formula is C19H24F3N5O. The predicted molar refractivity (Wildman–Crippen MR) is 96.8 cm³/mol. The lowest BCUT2D eigenvalue weighted by Gasteiger charge is -2.44. The van der Waals surface area contributed by atoms with Crippen LogP contribution in [0.5, 0.6) is 0 Å². The highest BCUT2D eigenvalue weighted by Gasteiger charge is 2.52. The zero-order valence-corrected chi connectivity index (χ0v) is 16.4. The summed E-state index contributed by atoms with van der Waals surface area (Å²) in [5.41, 5.74) is 1.32. The molecule has 0 unspecified atom stereocenters. The van der Waals surface area contributed by atoms with Crippen LogP contribution in [0.4, 0.5) is 13.2 Å². The normalized spacial score (nSPS) is 22.9. The van der Waals surface area contributed by atoms with Gasteiger partial charge >= 0.3 is 12.1 Å². The number of hydrogen-bond donors (Lipinski definition) is 0.